The Morgan fingerprint density at radius 1 is 1.32 bits per heavy atom. The molecule has 0 bridgehead atoms. The summed E-state index contributed by atoms with van der Waals surface area (Å²) in [5.74, 6) is 1.41. The lowest BCUT2D eigenvalue weighted by Gasteiger charge is -2.24. The van der Waals surface area contributed by atoms with Crippen molar-refractivity contribution in [3.05, 3.63) is 47.3 Å². The van der Waals surface area contributed by atoms with Gasteiger partial charge in [-0.3, -0.25) is 0 Å². The van der Waals surface area contributed by atoms with E-state index in [1.54, 1.807) is 12.1 Å². The van der Waals surface area contributed by atoms with Crippen molar-refractivity contribution in [3.63, 3.8) is 0 Å². The second kappa shape index (κ2) is 5.09. The Bertz CT molecular complexity index is 582. The average Bonchev–Trinajstić information content (AvgIpc) is 2.85. The Balaban J connectivity index is 1.94. The number of aromatic nitrogens is 3. The summed E-state index contributed by atoms with van der Waals surface area (Å²) >= 11 is 0. The monoisotopic (exact) mass is 261 g/mol. The summed E-state index contributed by atoms with van der Waals surface area (Å²) in [6.45, 7) is 0.0787. The first-order chi connectivity index (χ1) is 9.29. The van der Waals surface area contributed by atoms with Crippen molar-refractivity contribution < 1.29 is 9.50 Å². The fourth-order valence-electron chi connectivity index (χ4n) is 2.68. The number of fused-ring (bicyclic) bond motifs is 1. The van der Waals surface area contributed by atoms with Crippen LogP contribution >= 0.6 is 0 Å². The smallest absolute Gasteiger partial charge is 0.137 e. The first-order valence-electron chi connectivity index (χ1n) is 6.56. The van der Waals surface area contributed by atoms with Crippen molar-refractivity contribution in [1.29, 1.82) is 0 Å². The number of hydrogen-bond acceptors (Lipinski definition) is 3. The summed E-state index contributed by atoms with van der Waals surface area (Å²) in [7, 11) is 0. The second-order valence-corrected chi connectivity index (χ2v) is 4.90. The van der Waals surface area contributed by atoms with Crippen LogP contribution in [0.25, 0.3) is 0 Å². The zero-order valence-corrected chi connectivity index (χ0v) is 10.6. The van der Waals surface area contributed by atoms with Gasteiger partial charge >= 0.3 is 0 Å². The molecule has 0 saturated heterocycles. The Hall–Kier alpha value is -1.75. The molecule has 1 unspecified atom stereocenters. The van der Waals surface area contributed by atoms with Gasteiger partial charge in [-0.2, -0.15) is 0 Å². The molecular weight excluding hydrogens is 245 g/mol. The fourth-order valence-corrected chi connectivity index (χ4v) is 2.68. The number of aliphatic hydroxyl groups is 1. The molecule has 100 valence electrons. The van der Waals surface area contributed by atoms with Crippen LogP contribution in [0, 0.1) is 5.82 Å². The van der Waals surface area contributed by atoms with E-state index in [4.69, 9.17) is 0 Å². The van der Waals surface area contributed by atoms with Gasteiger partial charge in [0.1, 0.15) is 17.5 Å². The van der Waals surface area contributed by atoms with E-state index in [-0.39, 0.29) is 18.5 Å². The molecule has 0 saturated carbocycles. The molecule has 0 aliphatic carbocycles. The van der Waals surface area contributed by atoms with Crippen LogP contribution in [0.4, 0.5) is 4.39 Å². The van der Waals surface area contributed by atoms with Crippen LogP contribution < -0.4 is 0 Å². The molecule has 19 heavy (non-hydrogen) atoms. The highest BCUT2D eigenvalue weighted by Gasteiger charge is 2.24. The number of aliphatic hydroxyl groups excluding tert-OH is 1. The summed E-state index contributed by atoms with van der Waals surface area (Å²) in [4.78, 5) is 0. The van der Waals surface area contributed by atoms with Gasteiger partial charge in [-0.25, -0.2) is 4.39 Å². The van der Waals surface area contributed by atoms with Gasteiger partial charge in [-0.1, -0.05) is 18.2 Å². The van der Waals surface area contributed by atoms with Gasteiger partial charge in [0.2, 0.25) is 0 Å². The van der Waals surface area contributed by atoms with Gasteiger partial charge in [-0.15, -0.1) is 10.2 Å². The Morgan fingerprint density at radius 2 is 2.16 bits per heavy atom. The summed E-state index contributed by atoms with van der Waals surface area (Å²) in [6.07, 6.45) is 3.23. The minimum absolute atomic E-state index is 0.0283. The number of rotatable bonds is 3. The van der Waals surface area contributed by atoms with Gasteiger partial charge in [-0.05, 0) is 24.5 Å². The molecule has 0 fully saturated rings. The number of halogens is 1. The maximum absolute atomic E-state index is 13.7. The SMILES string of the molecule is OCC1CCCc2nnc(Cc3ccccc3F)n21. The van der Waals surface area contributed by atoms with E-state index in [0.717, 1.165) is 30.9 Å². The maximum atomic E-state index is 13.7. The third-order valence-corrected chi connectivity index (χ3v) is 3.66. The number of benzene rings is 1. The molecule has 1 N–H and O–H groups in total. The van der Waals surface area contributed by atoms with Crippen LogP contribution in [0.3, 0.4) is 0 Å². The number of hydrogen-bond donors (Lipinski definition) is 1. The Kier molecular flexibility index (Phi) is 3.29. The molecule has 2 aromatic rings. The van der Waals surface area contributed by atoms with E-state index in [1.807, 2.05) is 10.6 Å². The van der Waals surface area contributed by atoms with E-state index in [0.29, 0.717) is 12.0 Å². The van der Waals surface area contributed by atoms with Crippen molar-refractivity contribution >= 4 is 0 Å². The minimum Gasteiger partial charge on any atom is -0.394 e. The topological polar surface area (TPSA) is 50.9 Å². The second-order valence-electron chi connectivity index (χ2n) is 4.90. The van der Waals surface area contributed by atoms with Crippen molar-refractivity contribution in [2.24, 2.45) is 0 Å². The molecule has 2 heterocycles. The molecule has 3 rings (SSSR count). The molecule has 0 radical (unpaired) electrons. The molecule has 0 amide bonds. The largest absolute Gasteiger partial charge is 0.394 e. The molecular formula is C14H16FN3O. The lowest BCUT2D eigenvalue weighted by molar-refractivity contribution is 0.203. The number of nitrogens with zero attached hydrogens (tertiary/aromatic N) is 3. The highest BCUT2D eigenvalue weighted by molar-refractivity contribution is 5.22. The summed E-state index contributed by atoms with van der Waals surface area (Å²) in [5, 5.41) is 17.8. The summed E-state index contributed by atoms with van der Waals surface area (Å²) in [6, 6.07) is 6.73. The summed E-state index contributed by atoms with van der Waals surface area (Å²) < 4.78 is 15.7. The van der Waals surface area contributed by atoms with Gasteiger partial charge in [0.05, 0.1) is 12.6 Å². The Morgan fingerprint density at radius 3 is 2.95 bits per heavy atom. The van der Waals surface area contributed by atoms with Crippen LogP contribution in [0.5, 0.6) is 0 Å². The first kappa shape index (κ1) is 12.3. The van der Waals surface area contributed by atoms with E-state index in [1.165, 1.54) is 6.07 Å². The fraction of sp³-hybridized carbons (Fsp3) is 0.429. The van der Waals surface area contributed by atoms with Crippen LogP contribution in [0.1, 0.15) is 36.1 Å². The van der Waals surface area contributed by atoms with Crippen molar-refractivity contribution in [2.45, 2.75) is 31.7 Å². The highest BCUT2D eigenvalue weighted by Crippen LogP contribution is 2.26. The molecule has 1 aliphatic heterocycles. The third kappa shape index (κ3) is 2.26. The first-order valence-corrected chi connectivity index (χ1v) is 6.56. The van der Waals surface area contributed by atoms with Crippen LogP contribution in [-0.4, -0.2) is 26.5 Å². The quantitative estimate of drug-likeness (QED) is 0.917. The average molecular weight is 261 g/mol. The molecule has 1 aromatic carbocycles. The zero-order chi connectivity index (χ0) is 13.2. The number of aryl methyl sites for hydroxylation is 1. The predicted molar refractivity (Wildman–Crippen MR) is 68.3 cm³/mol. The lowest BCUT2D eigenvalue weighted by Crippen LogP contribution is -2.23. The normalized spacial score (nSPS) is 18.3. The standard InChI is InChI=1S/C14H16FN3O/c15-12-6-2-1-4-10(12)8-14-17-16-13-7-3-5-11(9-19)18(13)14/h1-2,4,6,11,19H,3,5,7-9H2. The van der Waals surface area contributed by atoms with Gasteiger partial charge in [0.15, 0.2) is 0 Å². The summed E-state index contributed by atoms with van der Waals surface area (Å²) in [5.41, 5.74) is 0.611. The predicted octanol–water partition coefficient (Wildman–Crippen LogP) is 1.88. The zero-order valence-electron chi connectivity index (χ0n) is 10.6. The van der Waals surface area contributed by atoms with Gasteiger partial charge in [0, 0.05) is 12.8 Å². The van der Waals surface area contributed by atoms with E-state index >= 15 is 0 Å². The third-order valence-electron chi connectivity index (χ3n) is 3.66. The Labute approximate surface area is 110 Å². The maximum Gasteiger partial charge on any atom is 0.137 e. The van der Waals surface area contributed by atoms with E-state index in [2.05, 4.69) is 10.2 Å². The molecule has 1 aliphatic rings. The van der Waals surface area contributed by atoms with Crippen molar-refractivity contribution in [3.8, 4) is 0 Å². The van der Waals surface area contributed by atoms with Crippen molar-refractivity contribution in [2.75, 3.05) is 6.61 Å². The van der Waals surface area contributed by atoms with Crippen LogP contribution in [0.2, 0.25) is 0 Å². The van der Waals surface area contributed by atoms with E-state index < -0.39 is 0 Å². The molecule has 1 aromatic heterocycles. The lowest BCUT2D eigenvalue weighted by atomic mass is 10.0. The van der Waals surface area contributed by atoms with Crippen LogP contribution in [-0.2, 0) is 12.8 Å². The van der Waals surface area contributed by atoms with Crippen LogP contribution in [0.15, 0.2) is 24.3 Å². The highest BCUT2D eigenvalue weighted by atomic mass is 19.1. The molecule has 0 spiro atoms. The molecule has 4 nitrogen and oxygen atoms in total. The molecule has 5 heteroatoms. The van der Waals surface area contributed by atoms with Gasteiger partial charge in [0.25, 0.3) is 0 Å². The molecule has 1 atom stereocenters. The minimum atomic E-state index is -0.226. The van der Waals surface area contributed by atoms with Gasteiger partial charge < -0.3 is 9.67 Å². The van der Waals surface area contributed by atoms with Crippen molar-refractivity contribution in [1.82, 2.24) is 14.8 Å². The van der Waals surface area contributed by atoms with E-state index in [9.17, 15) is 9.50 Å².